The lowest BCUT2D eigenvalue weighted by Gasteiger charge is -2.33. The third kappa shape index (κ3) is 3.42. The quantitative estimate of drug-likeness (QED) is 0.897. The van der Waals surface area contributed by atoms with Gasteiger partial charge in [-0.05, 0) is 26.7 Å². The lowest BCUT2D eigenvalue weighted by Crippen LogP contribution is -2.44. The summed E-state index contributed by atoms with van der Waals surface area (Å²) in [5.74, 6) is 0.249. The minimum Gasteiger partial charge on any atom is -0.465 e. The maximum Gasteiger partial charge on any atom is 0.408 e. The van der Waals surface area contributed by atoms with Gasteiger partial charge in [0.25, 0.3) is 0 Å². The predicted octanol–water partition coefficient (Wildman–Crippen LogP) is 2.88. The van der Waals surface area contributed by atoms with Crippen molar-refractivity contribution in [3.8, 4) is 0 Å². The molecule has 1 aromatic rings. The molecule has 1 amide bonds. The van der Waals surface area contributed by atoms with E-state index in [1.807, 2.05) is 34.6 Å². The van der Waals surface area contributed by atoms with E-state index in [2.05, 4.69) is 9.97 Å². The summed E-state index contributed by atoms with van der Waals surface area (Å²) in [6.07, 6.45) is 2.27. The van der Waals surface area contributed by atoms with Gasteiger partial charge in [0, 0.05) is 17.3 Å². The summed E-state index contributed by atoms with van der Waals surface area (Å²) >= 11 is 0. The highest BCUT2D eigenvalue weighted by Crippen LogP contribution is 2.21. The van der Waals surface area contributed by atoms with Crippen molar-refractivity contribution in [3.63, 3.8) is 0 Å². The van der Waals surface area contributed by atoms with Gasteiger partial charge in [0.05, 0.1) is 12.2 Å². The van der Waals surface area contributed by atoms with Gasteiger partial charge in [-0.25, -0.2) is 14.8 Å². The molecule has 1 heterocycles. The topological polar surface area (TPSA) is 66.3 Å². The molecule has 0 bridgehead atoms. The van der Waals surface area contributed by atoms with Gasteiger partial charge in [-0.15, -0.1) is 0 Å². The summed E-state index contributed by atoms with van der Waals surface area (Å²) in [7, 11) is 0. The standard InChI is InChI=1S/C13H21N3O2/c1-9(2)11-10(6-14-8-15-11)7-16(12(17)18)13(3,4)5/h6,8-9H,7H2,1-5H3,(H,17,18). The Bertz CT molecular complexity index is 424. The SMILES string of the molecule is CC(C)c1ncncc1CN(C(=O)O)C(C)(C)C. The van der Waals surface area contributed by atoms with E-state index in [1.54, 1.807) is 6.20 Å². The zero-order valence-electron chi connectivity index (χ0n) is 11.6. The molecule has 0 aliphatic heterocycles. The molecular weight excluding hydrogens is 230 g/mol. The molecule has 0 saturated heterocycles. The second kappa shape index (κ2) is 5.33. The van der Waals surface area contributed by atoms with E-state index in [1.165, 1.54) is 11.2 Å². The van der Waals surface area contributed by atoms with Crippen molar-refractivity contribution in [2.45, 2.75) is 52.6 Å². The number of carboxylic acid groups (broad SMARTS) is 1. The number of hydrogen-bond acceptors (Lipinski definition) is 3. The van der Waals surface area contributed by atoms with Crippen LogP contribution in [0.5, 0.6) is 0 Å². The van der Waals surface area contributed by atoms with Crippen LogP contribution in [0.15, 0.2) is 12.5 Å². The summed E-state index contributed by atoms with van der Waals surface area (Å²) in [4.78, 5) is 21.0. The number of aromatic nitrogens is 2. The molecule has 0 aromatic carbocycles. The summed E-state index contributed by atoms with van der Waals surface area (Å²) in [6, 6.07) is 0. The molecule has 0 spiro atoms. The van der Waals surface area contributed by atoms with Gasteiger partial charge in [-0.2, -0.15) is 0 Å². The fraction of sp³-hybridized carbons (Fsp3) is 0.615. The van der Waals surface area contributed by atoms with E-state index in [4.69, 9.17) is 0 Å². The van der Waals surface area contributed by atoms with E-state index in [9.17, 15) is 9.90 Å². The fourth-order valence-corrected chi connectivity index (χ4v) is 1.77. The number of hydrogen-bond donors (Lipinski definition) is 1. The molecule has 1 N–H and O–H groups in total. The Kier molecular flexibility index (Phi) is 4.27. The summed E-state index contributed by atoms with van der Waals surface area (Å²) in [5, 5.41) is 9.28. The Hall–Kier alpha value is -1.65. The highest BCUT2D eigenvalue weighted by Gasteiger charge is 2.27. The first-order valence-electron chi connectivity index (χ1n) is 6.02. The third-order valence-corrected chi connectivity index (χ3v) is 2.74. The van der Waals surface area contributed by atoms with Crippen LogP contribution >= 0.6 is 0 Å². The number of carbonyl (C=O) groups is 1. The molecule has 100 valence electrons. The molecule has 0 fully saturated rings. The summed E-state index contributed by atoms with van der Waals surface area (Å²) in [6.45, 7) is 10.0. The predicted molar refractivity (Wildman–Crippen MR) is 69.4 cm³/mol. The maximum atomic E-state index is 11.3. The molecule has 5 nitrogen and oxygen atoms in total. The second-order valence-corrected chi connectivity index (χ2v) is 5.63. The number of amides is 1. The smallest absolute Gasteiger partial charge is 0.408 e. The monoisotopic (exact) mass is 251 g/mol. The average molecular weight is 251 g/mol. The van der Waals surface area contributed by atoms with Gasteiger partial charge in [-0.1, -0.05) is 13.8 Å². The largest absolute Gasteiger partial charge is 0.465 e. The van der Waals surface area contributed by atoms with Crippen molar-refractivity contribution in [2.75, 3.05) is 0 Å². The van der Waals surface area contributed by atoms with Crippen LogP contribution < -0.4 is 0 Å². The zero-order chi connectivity index (χ0) is 13.9. The highest BCUT2D eigenvalue weighted by atomic mass is 16.4. The van der Waals surface area contributed by atoms with Crippen molar-refractivity contribution >= 4 is 6.09 Å². The van der Waals surface area contributed by atoms with Gasteiger partial charge in [0.1, 0.15) is 6.33 Å². The Morgan fingerprint density at radius 3 is 2.50 bits per heavy atom. The zero-order valence-corrected chi connectivity index (χ0v) is 11.6. The molecular formula is C13H21N3O2. The van der Waals surface area contributed by atoms with Crippen LogP contribution in [0.2, 0.25) is 0 Å². The molecule has 1 rings (SSSR count). The number of nitrogens with zero attached hydrogens (tertiary/aromatic N) is 3. The van der Waals surface area contributed by atoms with E-state index in [0.29, 0.717) is 6.54 Å². The normalized spacial score (nSPS) is 11.7. The van der Waals surface area contributed by atoms with Crippen LogP contribution in [-0.4, -0.2) is 31.6 Å². The van der Waals surface area contributed by atoms with Crippen molar-refractivity contribution in [1.82, 2.24) is 14.9 Å². The van der Waals surface area contributed by atoms with Gasteiger partial charge >= 0.3 is 6.09 Å². The van der Waals surface area contributed by atoms with Crippen LogP contribution in [0, 0.1) is 0 Å². The lowest BCUT2D eigenvalue weighted by molar-refractivity contribution is 0.0952. The molecule has 5 heteroatoms. The second-order valence-electron chi connectivity index (χ2n) is 5.63. The van der Waals surface area contributed by atoms with Crippen molar-refractivity contribution in [1.29, 1.82) is 0 Å². The minimum absolute atomic E-state index is 0.249. The molecule has 0 saturated carbocycles. The van der Waals surface area contributed by atoms with E-state index >= 15 is 0 Å². The first-order valence-corrected chi connectivity index (χ1v) is 6.02. The Morgan fingerprint density at radius 1 is 1.44 bits per heavy atom. The molecule has 0 unspecified atom stereocenters. The average Bonchev–Trinajstić information content (AvgIpc) is 2.24. The Morgan fingerprint density at radius 2 is 2.06 bits per heavy atom. The van der Waals surface area contributed by atoms with Crippen LogP contribution in [0.1, 0.15) is 51.8 Å². The highest BCUT2D eigenvalue weighted by molar-refractivity contribution is 5.66. The van der Waals surface area contributed by atoms with Gasteiger partial charge < -0.3 is 5.11 Å². The third-order valence-electron chi connectivity index (χ3n) is 2.74. The molecule has 0 aliphatic carbocycles. The fourth-order valence-electron chi connectivity index (χ4n) is 1.77. The maximum absolute atomic E-state index is 11.3. The van der Waals surface area contributed by atoms with Crippen LogP contribution in [0.3, 0.4) is 0 Å². The Balaban J connectivity index is 3.05. The van der Waals surface area contributed by atoms with Crippen LogP contribution in [0.4, 0.5) is 4.79 Å². The van der Waals surface area contributed by atoms with Crippen LogP contribution in [-0.2, 0) is 6.54 Å². The van der Waals surface area contributed by atoms with Crippen molar-refractivity contribution < 1.29 is 9.90 Å². The van der Waals surface area contributed by atoms with E-state index < -0.39 is 11.6 Å². The minimum atomic E-state index is -0.930. The first-order chi connectivity index (χ1) is 8.23. The van der Waals surface area contributed by atoms with Crippen molar-refractivity contribution in [3.05, 3.63) is 23.8 Å². The lowest BCUT2D eigenvalue weighted by atomic mass is 10.0. The summed E-state index contributed by atoms with van der Waals surface area (Å²) < 4.78 is 0. The molecule has 1 aromatic heterocycles. The molecule has 0 aliphatic rings. The summed E-state index contributed by atoms with van der Waals surface area (Å²) in [5.41, 5.74) is 1.32. The van der Waals surface area contributed by atoms with Gasteiger partial charge in [-0.3, -0.25) is 4.90 Å². The van der Waals surface area contributed by atoms with E-state index in [-0.39, 0.29) is 5.92 Å². The first kappa shape index (κ1) is 14.4. The van der Waals surface area contributed by atoms with E-state index in [0.717, 1.165) is 11.3 Å². The molecule has 0 radical (unpaired) electrons. The van der Waals surface area contributed by atoms with Gasteiger partial charge in [0.2, 0.25) is 0 Å². The van der Waals surface area contributed by atoms with Gasteiger partial charge in [0.15, 0.2) is 0 Å². The Labute approximate surface area is 108 Å². The molecule has 18 heavy (non-hydrogen) atoms. The molecule has 0 atom stereocenters. The van der Waals surface area contributed by atoms with Crippen LogP contribution in [0.25, 0.3) is 0 Å². The number of rotatable bonds is 3. The van der Waals surface area contributed by atoms with Crippen molar-refractivity contribution in [2.24, 2.45) is 0 Å².